The van der Waals surface area contributed by atoms with Crippen molar-refractivity contribution >= 4 is 5.97 Å². The van der Waals surface area contributed by atoms with Crippen LogP contribution in [-0.4, -0.2) is 12.6 Å². The molecule has 0 atom stereocenters. The monoisotopic (exact) mass is 274 g/mol. The number of hydrogen-bond acceptors (Lipinski definition) is 2. The molecule has 21 heavy (non-hydrogen) atoms. The molecule has 6 rings (SSSR count). The third-order valence-corrected chi connectivity index (χ3v) is 5.39. The molecule has 2 heteroatoms. The fraction of sp³-hybridized carbons (Fsp3) is 0.211. The van der Waals surface area contributed by atoms with Gasteiger partial charge in [0.2, 0.25) is 0 Å². The SMILES string of the molecule is CC12C=C3COC(=O)C3(c3ccccc31)c1ccccc12. The Morgan fingerprint density at radius 3 is 2.00 bits per heavy atom. The minimum atomic E-state index is -0.703. The quantitative estimate of drug-likeness (QED) is 0.545. The zero-order chi connectivity index (χ0) is 14.2. The van der Waals surface area contributed by atoms with Crippen molar-refractivity contribution < 1.29 is 9.53 Å². The highest BCUT2D eigenvalue weighted by Gasteiger charge is 2.61. The maximum absolute atomic E-state index is 12.8. The second-order valence-corrected chi connectivity index (χ2v) is 6.29. The summed E-state index contributed by atoms with van der Waals surface area (Å²) in [6.07, 6.45) is 2.25. The number of ether oxygens (including phenoxy) is 1. The molecular weight excluding hydrogens is 260 g/mol. The molecule has 0 aromatic heterocycles. The largest absolute Gasteiger partial charge is 0.460 e. The number of rotatable bonds is 0. The van der Waals surface area contributed by atoms with Crippen LogP contribution in [-0.2, 0) is 20.4 Å². The average molecular weight is 274 g/mol. The van der Waals surface area contributed by atoms with Gasteiger partial charge in [-0.15, -0.1) is 0 Å². The van der Waals surface area contributed by atoms with E-state index < -0.39 is 5.41 Å². The molecule has 2 bridgehead atoms. The fourth-order valence-corrected chi connectivity index (χ4v) is 4.53. The van der Waals surface area contributed by atoms with E-state index in [9.17, 15) is 4.79 Å². The number of esters is 1. The average Bonchev–Trinajstić information content (AvgIpc) is 2.86. The summed E-state index contributed by atoms with van der Waals surface area (Å²) in [5, 5.41) is 0. The summed E-state index contributed by atoms with van der Waals surface area (Å²) in [5.74, 6) is -0.129. The Balaban J connectivity index is 2.04. The van der Waals surface area contributed by atoms with Crippen LogP contribution in [0.5, 0.6) is 0 Å². The van der Waals surface area contributed by atoms with E-state index in [-0.39, 0.29) is 11.4 Å². The van der Waals surface area contributed by atoms with Gasteiger partial charge in [-0.1, -0.05) is 54.6 Å². The first-order chi connectivity index (χ1) is 10.2. The van der Waals surface area contributed by atoms with E-state index in [1.165, 1.54) is 11.1 Å². The predicted molar refractivity (Wildman–Crippen MR) is 79.2 cm³/mol. The molecule has 2 aromatic rings. The normalized spacial score (nSPS) is 31.1. The Hall–Kier alpha value is -2.35. The number of benzene rings is 2. The van der Waals surface area contributed by atoms with Crippen molar-refractivity contribution in [2.75, 3.05) is 6.61 Å². The van der Waals surface area contributed by atoms with E-state index in [4.69, 9.17) is 4.74 Å². The number of carbonyl (C=O) groups is 1. The van der Waals surface area contributed by atoms with Gasteiger partial charge >= 0.3 is 5.97 Å². The Labute approximate surface area is 123 Å². The van der Waals surface area contributed by atoms with Crippen LogP contribution in [0.2, 0.25) is 0 Å². The number of hydrogen-bond donors (Lipinski definition) is 0. The first-order valence-electron chi connectivity index (χ1n) is 7.28. The van der Waals surface area contributed by atoms with E-state index in [2.05, 4.69) is 49.4 Å². The van der Waals surface area contributed by atoms with Gasteiger partial charge in [-0.05, 0) is 34.8 Å². The third-order valence-electron chi connectivity index (χ3n) is 5.39. The maximum Gasteiger partial charge on any atom is 0.325 e. The lowest BCUT2D eigenvalue weighted by Gasteiger charge is -2.48. The van der Waals surface area contributed by atoms with E-state index in [0.29, 0.717) is 6.61 Å². The molecule has 0 unspecified atom stereocenters. The molecule has 2 aromatic carbocycles. The molecule has 1 saturated heterocycles. The van der Waals surface area contributed by atoms with E-state index in [1.807, 2.05) is 12.1 Å². The van der Waals surface area contributed by atoms with Crippen LogP contribution in [0.25, 0.3) is 0 Å². The van der Waals surface area contributed by atoms with Gasteiger partial charge in [0.05, 0.1) is 0 Å². The number of carbonyl (C=O) groups excluding carboxylic acids is 1. The summed E-state index contributed by atoms with van der Waals surface area (Å²) in [6.45, 7) is 2.65. The van der Waals surface area contributed by atoms with Crippen molar-refractivity contribution in [3.63, 3.8) is 0 Å². The van der Waals surface area contributed by atoms with Crippen molar-refractivity contribution in [3.8, 4) is 0 Å². The second-order valence-electron chi connectivity index (χ2n) is 6.29. The minimum Gasteiger partial charge on any atom is -0.460 e. The standard InChI is InChI=1S/C19H14O2/c1-18-10-12-11-21-17(20)19(12,15-8-4-2-6-13(15)18)16-9-5-3-7-14(16)18/h2-10H,11H2,1H3. The molecule has 1 spiro atoms. The van der Waals surface area contributed by atoms with Crippen LogP contribution in [0.1, 0.15) is 29.2 Å². The summed E-state index contributed by atoms with van der Waals surface area (Å²) in [5.41, 5.74) is 4.89. The highest BCUT2D eigenvalue weighted by atomic mass is 16.5. The lowest BCUT2D eigenvalue weighted by Crippen LogP contribution is -2.48. The van der Waals surface area contributed by atoms with E-state index in [1.54, 1.807) is 0 Å². The summed E-state index contributed by atoms with van der Waals surface area (Å²) < 4.78 is 5.47. The van der Waals surface area contributed by atoms with Gasteiger partial charge < -0.3 is 4.74 Å². The van der Waals surface area contributed by atoms with Gasteiger partial charge in [-0.25, -0.2) is 0 Å². The fourth-order valence-electron chi connectivity index (χ4n) is 4.53. The Bertz CT molecular complexity index is 797. The second kappa shape index (κ2) is 3.28. The van der Waals surface area contributed by atoms with E-state index >= 15 is 0 Å². The molecule has 0 amide bonds. The van der Waals surface area contributed by atoms with Crippen LogP contribution >= 0.6 is 0 Å². The molecule has 0 N–H and O–H groups in total. The van der Waals surface area contributed by atoms with Crippen molar-refractivity contribution in [2.45, 2.75) is 17.8 Å². The van der Waals surface area contributed by atoms with Crippen LogP contribution in [0.3, 0.4) is 0 Å². The lowest BCUT2D eigenvalue weighted by atomic mass is 9.51. The zero-order valence-electron chi connectivity index (χ0n) is 11.7. The molecule has 0 saturated carbocycles. The summed E-state index contributed by atoms with van der Waals surface area (Å²) in [6, 6.07) is 16.6. The molecule has 1 heterocycles. The van der Waals surface area contributed by atoms with Gasteiger partial charge in [-0.2, -0.15) is 0 Å². The molecular formula is C19H14O2. The summed E-state index contributed by atoms with van der Waals surface area (Å²) in [7, 11) is 0. The predicted octanol–water partition coefficient (Wildman–Crippen LogP) is 3.09. The van der Waals surface area contributed by atoms with Gasteiger partial charge in [0.15, 0.2) is 0 Å². The first kappa shape index (κ1) is 11.3. The van der Waals surface area contributed by atoms with Crippen LogP contribution in [0.15, 0.2) is 60.2 Å². The molecule has 2 nitrogen and oxygen atoms in total. The molecule has 1 fully saturated rings. The highest BCUT2D eigenvalue weighted by Crippen LogP contribution is 2.60. The van der Waals surface area contributed by atoms with Crippen molar-refractivity contribution in [2.24, 2.45) is 0 Å². The van der Waals surface area contributed by atoms with Crippen LogP contribution in [0, 0.1) is 0 Å². The number of allylic oxidation sites excluding steroid dienone is 1. The number of cyclic esters (lactones) is 1. The van der Waals surface area contributed by atoms with Gasteiger partial charge in [0, 0.05) is 5.41 Å². The van der Waals surface area contributed by atoms with Gasteiger partial charge in [0.25, 0.3) is 0 Å². The Morgan fingerprint density at radius 2 is 1.43 bits per heavy atom. The molecule has 102 valence electrons. The van der Waals surface area contributed by atoms with Gasteiger partial charge in [-0.3, -0.25) is 4.79 Å². The van der Waals surface area contributed by atoms with E-state index in [0.717, 1.165) is 16.7 Å². The molecule has 4 aliphatic rings. The lowest BCUT2D eigenvalue weighted by molar-refractivity contribution is -0.141. The third kappa shape index (κ3) is 1.00. The van der Waals surface area contributed by atoms with Crippen molar-refractivity contribution in [3.05, 3.63) is 82.4 Å². The van der Waals surface area contributed by atoms with Crippen LogP contribution in [0.4, 0.5) is 0 Å². The van der Waals surface area contributed by atoms with Gasteiger partial charge in [0.1, 0.15) is 12.0 Å². The van der Waals surface area contributed by atoms with Crippen molar-refractivity contribution in [1.29, 1.82) is 0 Å². The minimum absolute atomic E-state index is 0.129. The first-order valence-corrected chi connectivity index (χ1v) is 7.28. The van der Waals surface area contributed by atoms with Crippen LogP contribution < -0.4 is 0 Å². The molecule has 1 aliphatic heterocycles. The summed E-state index contributed by atoms with van der Waals surface area (Å²) >= 11 is 0. The summed E-state index contributed by atoms with van der Waals surface area (Å²) in [4.78, 5) is 12.8. The molecule has 0 radical (unpaired) electrons. The van der Waals surface area contributed by atoms with Crippen molar-refractivity contribution in [1.82, 2.24) is 0 Å². The Morgan fingerprint density at radius 1 is 0.905 bits per heavy atom. The highest BCUT2D eigenvalue weighted by molar-refractivity contribution is 5.98. The Kier molecular flexibility index (Phi) is 1.77. The maximum atomic E-state index is 12.8. The topological polar surface area (TPSA) is 26.3 Å². The molecule has 3 aliphatic carbocycles. The zero-order valence-corrected chi connectivity index (χ0v) is 11.7. The smallest absolute Gasteiger partial charge is 0.325 e.